The molecule has 1 aromatic heterocycles. The molecule has 0 aliphatic rings. The minimum absolute atomic E-state index is 0.0679. The molecule has 19 heavy (non-hydrogen) atoms. The number of hydrogen-bond donors (Lipinski definition) is 2. The fourth-order valence-corrected chi connectivity index (χ4v) is 2.49. The molecule has 0 aliphatic heterocycles. The van der Waals surface area contributed by atoms with Gasteiger partial charge in [0.2, 0.25) is 5.91 Å². The van der Waals surface area contributed by atoms with Crippen LogP contribution in [0.5, 0.6) is 0 Å². The summed E-state index contributed by atoms with van der Waals surface area (Å²) in [6.07, 6.45) is 0. The summed E-state index contributed by atoms with van der Waals surface area (Å²) >= 11 is 5.08. The number of amides is 1. The number of imidazole rings is 1. The van der Waals surface area contributed by atoms with Gasteiger partial charge in [0.1, 0.15) is 17.4 Å². The largest absolute Gasteiger partial charge is 0.368 e. The first-order chi connectivity index (χ1) is 8.82. The molecule has 0 spiro atoms. The predicted octanol–water partition coefficient (Wildman–Crippen LogP) is 2.66. The molecule has 1 unspecified atom stereocenters. The minimum Gasteiger partial charge on any atom is -0.368 e. The quantitative estimate of drug-likeness (QED) is 0.852. The highest BCUT2D eigenvalue weighted by Gasteiger charge is 2.25. The summed E-state index contributed by atoms with van der Waals surface area (Å²) in [4.78, 5) is 14.2. The maximum atomic E-state index is 13.7. The van der Waals surface area contributed by atoms with Crippen molar-refractivity contribution in [3.05, 3.63) is 28.5 Å². The number of hydrogen-bond acceptors (Lipinski definition) is 2. The van der Waals surface area contributed by atoms with Gasteiger partial charge < -0.3 is 15.3 Å². The summed E-state index contributed by atoms with van der Waals surface area (Å²) in [6, 6.07) is 1.12. The summed E-state index contributed by atoms with van der Waals surface area (Å²) in [5, 5.41) is 0. The van der Waals surface area contributed by atoms with Gasteiger partial charge >= 0.3 is 0 Å². The van der Waals surface area contributed by atoms with E-state index in [-0.39, 0.29) is 21.7 Å². The number of aromatic nitrogens is 2. The van der Waals surface area contributed by atoms with Crippen molar-refractivity contribution in [3.63, 3.8) is 0 Å². The lowest BCUT2D eigenvalue weighted by Gasteiger charge is -2.19. The number of aromatic amines is 1. The molecule has 7 heteroatoms. The zero-order chi connectivity index (χ0) is 14.3. The van der Waals surface area contributed by atoms with Gasteiger partial charge in [0, 0.05) is 6.07 Å². The highest BCUT2D eigenvalue weighted by atomic mass is 32.1. The van der Waals surface area contributed by atoms with Crippen molar-refractivity contribution in [1.82, 2.24) is 9.55 Å². The topological polar surface area (TPSA) is 63.8 Å². The maximum absolute atomic E-state index is 13.7. The Bertz CT molecular complexity index is 705. The van der Waals surface area contributed by atoms with Crippen LogP contribution in [0.1, 0.15) is 19.9 Å². The van der Waals surface area contributed by atoms with Crippen molar-refractivity contribution in [2.45, 2.75) is 19.9 Å². The SMILES string of the molecule is CC(C)C(C(N)=O)n1c(=S)[nH]c2c(F)cc(F)cc21. The van der Waals surface area contributed by atoms with Crippen LogP contribution in [-0.2, 0) is 4.79 Å². The van der Waals surface area contributed by atoms with E-state index < -0.39 is 23.6 Å². The maximum Gasteiger partial charge on any atom is 0.240 e. The van der Waals surface area contributed by atoms with Gasteiger partial charge in [0.25, 0.3) is 0 Å². The van der Waals surface area contributed by atoms with Gasteiger partial charge in [-0.05, 0) is 24.2 Å². The smallest absolute Gasteiger partial charge is 0.240 e. The van der Waals surface area contributed by atoms with E-state index in [0.29, 0.717) is 0 Å². The van der Waals surface area contributed by atoms with Crippen LogP contribution in [0.3, 0.4) is 0 Å². The van der Waals surface area contributed by atoms with Crippen LogP contribution >= 0.6 is 12.2 Å². The summed E-state index contributed by atoms with van der Waals surface area (Å²) in [5.74, 6) is -2.25. The molecule has 0 radical (unpaired) electrons. The van der Waals surface area contributed by atoms with Crippen molar-refractivity contribution in [2.75, 3.05) is 0 Å². The fraction of sp³-hybridized carbons (Fsp3) is 0.333. The van der Waals surface area contributed by atoms with E-state index in [1.807, 2.05) is 0 Å². The molecule has 102 valence electrons. The molecule has 0 aliphatic carbocycles. The molecule has 0 bridgehead atoms. The number of carbonyl (C=O) groups excluding carboxylic acids is 1. The van der Waals surface area contributed by atoms with E-state index in [1.54, 1.807) is 13.8 Å². The summed E-state index contributed by atoms with van der Waals surface area (Å²) in [7, 11) is 0. The van der Waals surface area contributed by atoms with E-state index in [0.717, 1.165) is 12.1 Å². The van der Waals surface area contributed by atoms with E-state index in [9.17, 15) is 13.6 Å². The molecule has 1 atom stereocenters. The number of nitrogens with zero attached hydrogens (tertiary/aromatic N) is 1. The van der Waals surface area contributed by atoms with Crippen LogP contribution in [-0.4, -0.2) is 15.5 Å². The number of nitrogens with one attached hydrogen (secondary N) is 1. The van der Waals surface area contributed by atoms with Crippen LogP contribution in [0.4, 0.5) is 8.78 Å². The van der Waals surface area contributed by atoms with Crippen molar-refractivity contribution >= 4 is 29.2 Å². The first kappa shape index (κ1) is 13.7. The number of primary amides is 1. The summed E-state index contributed by atoms with van der Waals surface area (Å²) < 4.78 is 28.5. The molecule has 2 aromatic rings. The predicted molar refractivity (Wildman–Crippen MR) is 70.1 cm³/mol. The zero-order valence-electron chi connectivity index (χ0n) is 10.4. The number of halogens is 2. The van der Waals surface area contributed by atoms with Crippen molar-refractivity contribution < 1.29 is 13.6 Å². The summed E-state index contributed by atoms with van der Waals surface area (Å²) in [5.41, 5.74) is 5.62. The molecule has 0 saturated carbocycles. The second-order valence-electron chi connectivity index (χ2n) is 4.67. The van der Waals surface area contributed by atoms with Gasteiger partial charge in [0.05, 0.1) is 5.52 Å². The second kappa shape index (κ2) is 4.73. The average Bonchev–Trinajstić information content (AvgIpc) is 2.56. The van der Waals surface area contributed by atoms with Gasteiger partial charge in [-0.2, -0.15) is 0 Å². The van der Waals surface area contributed by atoms with Crippen molar-refractivity contribution in [3.8, 4) is 0 Å². The number of H-pyrrole nitrogens is 1. The molecule has 1 heterocycles. The first-order valence-electron chi connectivity index (χ1n) is 5.71. The van der Waals surface area contributed by atoms with Gasteiger partial charge in [0.15, 0.2) is 10.6 Å². The Hall–Kier alpha value is -1.76. The number of rotatable bonds is 3. The third-order valence-corrected chi connectivity index (χ3v) is 3.24. The van der Waals surface area contributed by atoms with E-state index in [4.69, 9.17) is 18.0 Å². The van der Waals surface area contributed by atoms with E-state index >= 15 is 0 Å². The monoisotopic (exact) mass is 285 g/mol. The third-order valence-electron chi connectivity index (χ3n) is 2.95. The molecule has 3 N–H and O–H groups in total. The van der Waals surface area contributed by atoms with Crippen LogP contribution < -0.4 is 5.73 Å². The van der Waals surface area contributed by atoms with Crippen molar-refractivity contribution in [1.29, 1.82) is 0 Å². The third kappa shape index (κ3) is 2.25. The molecule has 0 fully saturated rings. The van der Waals surface area contributed by atoms with Crippen LogP contribution in [0, 0.1) is 22.3 Å². The zero-order valence-corrected chi connectivity index (χ0v) is 11.2. The van der Waals surface area contributed by atoms with Crippen LogP contribution in [0.25, 0.3) is 11.0 Å². The lowest BCUT2D eigenvalue weighted by Crippen LogP contribution is -2.30. The van der Waals surface area contributed by atoms with Crippen LogP contribution in [0.2, 0.25) is 0 Å². The highest BCUT2D eigenvalue weighted by molar-refractivity contribution is 7.71. The second-order valence-corrected chi connectivity index (χ2v) is 5.06. The Balaban J connectivity index is 2.83. The van der Waals surface area contributed by atoms with Gasteiger partial charge in [-0.3, -0.25) is 4.79 Å². The van der Waals surface area contributed by atoms with E-state index in [1.165, 1.54) is 4.57 Å². The Kier molecular flexibility index (Phi) is 3.40. The highest BCUT2D eigenvalue weighted by Crippen LogP contribution is 2.26. The first-order valence-corrected chi connectivity index (χ1v) is 6.12. The molecule has 1 aromatic carbocycles. The Morgan fingerprint density at radius 2 is 2.05 bits per heavy atom. The number of nitrogens with two attached hydrogens (primary N) is 1. The number of benzene rings is 1. The normalized spacial score (nSPS) is 13.1. The number of fused-ring (bicyclic) bond motifs is 1. The van der Waals surface area contributed by atoms with Crippen LogP contribution in [0.15, 0.2) is 12.1 Å². The van der Waals surface area contributed by atoms with Gasteiger partial charge in [-0.1, -0.05) is 13.8 Å². The fourth-order valence-electron chi connectivity index (χ4n) is 2.18. The lowest BCUT2D eigenvalue weighted by atomic mass is 10.0. The van der Waals surface area contributed by atoms with Gasteiger partial charge in [-0.25, -0.2) is 8.78 Å². The molecular weight excluding hydrogens is 272 g/mol. The lowest BCUT2D eigenvalue weighted by molar-refractivity contribution is -0.122. The molecule has 1 amide bonds. The van der Waals surface area contributed by atoms with Crippen molar-refractivity contribution in [2.24, 2.45) is 11.7 Å². The molecular formula is C12H13F2N3OS. The standard InChI is InChI=1S/C12H13F2N3OS/c1-5(2)10(11(15)18)17-8-4-6(13)3-7(14)9(8)16-12(17)19/h3-5,10H,1-2H3,(H2,15,18)(H,16,19). The molecule has 4 nitrogen and oxygen atoms in total. The number of carbonyl (C=O) groups is 1. The molecule has 0 saturated heterocycles. The minimum atomic E-state index is -0.762. The Labute approximate surface area is 113 Å². The Morgan fingerprint density at radius 1 is 1.42 bits per heavy atom. The van der Waals surface area contributed by atoms with E-state index in [2.05, 4.69) is 4.98 Å². The Morgan fingerprint density at radius 3 is 2.58 bits per heavy atom. The average molecular weight is 285 g/mol. The molecule has 2 rings (SSSR count). The van der Waals surface area contributed by atoms with Gasteiger partial charge in [-0.15, -0.1) is 0 Å². The summed E-state index contributed by atoms with van der Waals surface area (Å²) in [6.45, 7) is 3.57.